The van der Waals surface area contributed by atoms with Gasteiger partial charge in [0.1, 0.15) is 18.2 Å². The number of hydrogen-bond acceptors (Lipinski definition) is 4. The number of benzene rings is 3. The van der Waals surface area contributed by atoms with Crippen LogP contribution in [0.4, 0.5) is 4.39 Å². The summed E-state index contributed by atoms with van der Waals surface area (Å²) >= 11 is 6.09. The number of H-pyrrole nitrogens is 1. The summed E-state index contributed by atoms with van der Waals surface area (Å²) in [5.74, 6) is 1.64. The van der Waals surface area contributed by atoms with Crippen LogP contribution in [-0.2, 0) is 19.7 Å². The molecule has 7 heteroatoms. The molecule has 1 aromatic heterocycles. The lowest BCUT2D eigenvalue weighted by molar-refractivity contribution is 0.265. The van der Waals surface area contributed by atoms with Crippen molar-refractivity contribution in [3.8, 4) is 11.5 Å². The van der Waals surface area contributed by atoms with Gasteiger partial charge in [0, 0.05) is 12.1 Å². The number of aromatic amines is 1. The van der Waals surface area contributed by atoms with E-state index in [9.17, 15) is 4.39 Å². The van der Waals surface area contributed by atoms with Crippen LogP contribution in [0.25, 0.3) is 11.0 Å². The van der Waals surface area contributed by atoms with Crippen LogP contribution >= 0.6 is 11.6 Å². The van der Waals surface area contributed by atoms with Crippen molar-refractivity contribution >= 4 is 22.6 Å². The molecule has 1 heterocycles. The van der Waals surface area contributed by atoms with Gasteiger partial charge < -0.3 is 19.8 Å². The molecule has 5 nitrogen and oxygen atoms in total. The Bertz CT molecular complexity index is 1130. The smallest absolute Gasteiger partial charge is 0.161 e. The topological polar surface area (TPSA) is 59.2 Å². The summed E-state index contributed by atoms with van der Waals surface area (Å²) in [6.45, 7) is 3.67. The fraction of sp³-hybridized carbons (Fsp3) is 0.208. The van der Waals surface area contributed by atoms with Crippen LogP contribution in [0.2, 0.25) is 5.02 Å². The third-order valence-corrected chi connectivity index (χ3v) is 5.16. The predicted molar refractivity (Wildman–Crippen MR) is 120 cm³/mol. The van der Waals surface area contributed by atoms with E-state index in [1.54, 1.807) is 12.1 Å². The van der Waals surface area contributed by atoms with Crippen molar-refractivity contribution in [1.29, 1.82) is 0 Å². The highest BCUT2D eigenvalue weighted by Crippen LogP contribution is 2.30. The highest BCUT2D eigenvalue weighted by atomic mass is 35.5. The quantitative estimate of drug-likeness (QED) is 0.355. The number of aromatic nitrogens is 2. The van der Waals surface area contributed by atoms with E-state index < -0.39 is 5.82 Å². The molecular formula is C24H23ClFN3O2. The van der Waals surface area contributed by atoms with Crippen LogP contribution in [0.5, 0.6) is 11.5 Å². The average molecular weight is 440 g/mol. The second-order valence-corrected chi connectivity index (χ2v) is 7.41. The van der Waals surface area contributed by atoms with Crippen molar-refractivity contribution in [1.82, 2.24) is 15.3 Å². The second-order valence-electron chi connectivity index (χ2n) is 7.01. The molecule has 4 aromatic rings. The van der Waals surface area contributed by atoms with E-state index in [0.717, 1.165) is 22.4 Å². The third kappa shape index (κ3) is 5.16. The van der Waals surface area contributed by atoms with Gasteiger partial charge >= 0.3 is 0 Å². The molecule has 3 aromatic carbocycles. The Morgan fingerprint density at radius 1 is 1.00 bits per heavy atom. The number of fused-ring (bicyclic) bond motifs is 1. The minimum absolute atomic E-state index is 0.0230. The van der Waals surface area contributed by atoms with Crippen LogP contribution in [0.15, 0.2) is 60.7 Å². The average Bonchev–Trinajstić information content (AvgIpc) is 3.17. The number of nitrogens with zero attached hydrogens (tertiary/aromatic N) is 1. The van der Waals surface area contributed by atoms with Gasteiger partial charge in [-0.05, 0) is 48.9 Å². The normalized spacial score (nSPS) is 11.1. The highest BCUT2D eigenvalue weighted by Gasteiger charge is 2.11. The molecule has 0 saturated carbocycles. The fourth-order valence-corrected chi connectivity index (χ4v) is 3.50. The van der Waals surface area contributed by atoms with E-state index in [1.165, 1.54) is 6.07 Å². The van der Waals surface area contributed by atoms with Crippen LogP contribution < -0.4 is 14.8 Å². The lowest BCUT2D eigenvalue weighted by atomic mass is 10.2. The first-order valence-corrected chi connectivity index (χ1v) is 10.5. The van der Waals surface area contributed by atoms with Gasteiger partial charge in [-0.1, -0.05) is 35.9 Å². The van der Waals surface area contributed by atoms with Crippen LogP contribution in [0, 0.1) is 5.82 Å². The highest BCUT2D eigenvalue weighted by molar-refractivity contribution is 6.31. The van der Waals surface area contributed by atoms with Gasteiger partial charge in [0.05, 0.1) is 29.2 Å². The number of imidazole rings is 1. The zero-order valence-corrected chi connectivity index (χ0v) is 17.9. The van der Waals surface area contributed by atoms with E-state index in [2.05, 4.69) is 15.3 Å². The van der Waals surface area contributed by atoms with Crippen molar-refractivity contribution < 1.29 is 13.9 Å². The number of para-hydroxylation sites is 2. The van der Waals surface area contributed by atoms with Crippen LogP contribution in [0.1, 0.15) is 23.9 Å². The van der Waals surface area contributed by atoms with Gasteiger partial charge in [0.15, 0.2) is 11.5 Å². The largest absolute Gasteiger partial charge is 0.490 e. The lowest BCUT2D eigenvalue weighted by Crippen LogP contribution is -2.14. The summed E-state index contributed by atoms with van der Waals surface area (Å²) in [5.41, 5.74) is 3.34. The van der Waals surface area contributed by atoms with Crippen molar-refractivity contribution in [2.75, 3.05) is 6.61 Å². The SMILES string of the molecule is CCOc1cc(CNCc2nc3ccccc3[nH]2)ccc1OCc1c(F)cccc1Cl. The predicted octanol–water partition coefficient (Wildman–Crippen LogP) is 5.62. The summed E-state index contributed by atoms with van der Waals surface area (Å²) < 4.78 is 25.5. The van der Waals surface area contributed by atoms with E-state index in [-0.39, 0.29) is 6.61 Å². The number of hydrogen-bond donors (Lipinski definition) is 2. The molecule has 2 N–H and O–H groups in total. The summed E-state index contributed by atoms with van der Waals surface area (Å²) in [5, 5.41) is 3.72. The first-order chi connectivity index (χ1) is 15.1. The zero-order chi connectivity index (χ0) is 21.6. The molecule has 0 fully saturated rings. The molecule has 31 heavy (non-hydrogen) atoms. The molecule has 4 rings (SSSR count). The summed E-state index contributed by atoms with van der Waals surface area (Å²) in [7, 11) is 0. The maximum Gasteiger partial charge on any atom is 0.161 e. The molecule has 0 aliphatic heterocycles. The molecule has 0 saturated heterocycles. The number of halogens is 2. The Kier molecular flexibility index (Phi) is 6.70. The summed E-state index contributed by atoms with van der Waals surface area (Å²) in [6, 6.07) is 18.2. The molecule has 0 aliphatic carbocycles. The first-order valence-electron chi connectivity index (χ1n) is 10.1. The molecule has 0 radical (unpaired) electrons. The van der Waals surface area contributed by atoms with Crippen molar-refractivity contribution in [3.05, 3.63) is 88.5 Å². The maximum absolute atomic E-state index is 14.0. The van der Waals surface area contributed by atoms with Gasteiger partial charge in [0.2, 0.25) is 0 Å². The standard InChI is InChI=1S/C24H23ClFN3O2/c1-2-30-23-12-16(13-27-14-24-28-20-8-3-4-9-21(20)29-24)10-11-22(23)31-15-17-18(25)6-5-7-19(17)26/h3-12,27H,2,13-15H2,1H3,(H,28,29). The van der Waals surface area contributed by atoms with E-state index >= 15 is 0 Å². The molecule has 160 valence electrons. The number of ether oxygens (including phenoxy) is 2. The first kappa shape index (κ1) is 21.2. The fourth-order valence-electron chi connectivity index (χ4n) is 3.28. The van der Waals surface area contributed by atoms with Crippen molar-refractivity contribution in [2.24, 2.45) is 0 Å². The maximum atomic E-state index is 14.0. The minimum atomic E-state index is -0.392. The lowest BCUT2D eigenvalue weighted by Gasteiger charge is -2.14. The van der Waals surface area contributed by atoms with Gasteiger partial charge in [-0.2, -0.15) is 0 Å². The molecular weight excluding hydrogens is 417 g/mol. The number of rotatable bonds is 9. The summed E-state index contributed by atoms with van der Waals surface area (Å²) in [4.78, 5) is 7.87. The molecule has 0 aliphatic rings. The van der Waals surface area contributed by atoms with Crippen LogP contribution in [-0.4, -0.2) is 16.6 Å². The van der Waals surface area contributed by atoms with Crippen LogP contribution in [0.3, 0.4) is 0 Å². The van der Waals surface area contributed by atoms with E-state index in [4.69, 9.17) is 21.1 Å². The molecule has 0 spiro atoms. The van der Waals surface area contributed by atoms with Gasteiger partial charge in [-0.15, -0.1) is 0 Å². The monoisotopic (exact) mass is 439 g/mol. The Hall–Kier alpha value is -3.09. The Balaban J connectivity index is 1.40. The van der Waals surface area contributed by atoms with Gasteiger partial charge in [0.25, 0.3) is 0 Å². The third-order valence-electron chi connectivity index (χ3n) is 4.80. The molecule has 0 atom stereocenters. The molecule has 0 amide bonds. The minimum Gasteiger partial charge on any atom is -0.490 e. The van der Waals surface area contributed by atoms with Crippen molar-refractivity contribution in [2.45, 2.75) is 26.6 Å². The number of nitrogens with one attached hydrogen (secondary N) is 2. The Morgan fingerprint density at radius 2 is 1.87 bits per heavy atom. The Morgan fingerprint density at radius 3 is 2.68 bits per heavy atom. The second kappa shape index (κ2) is 9.81. The van der Waals surface area contributed by atoms with E-state index in [1.807, 2.05) is 49.4 Å². The molecule has 0 unspecified atom stereocenters. The van der Waals surface area contributed by atoms with Crippen molar-refractivity contribution in [3.63, 3.8) is 0 Å². The Labute approximate surface area is 185 Å². The summed E-state index contributed by atoms with van der Waals surface area (Å²) in [6.07, 6.45) is 0. The zero-order valence-electron chi connectivity index (χ0n) is 17.1. The van der Waals surface area contributed by atoms with Gasteiger partial charge in [-0.3, -0.25) is 0 Å². The van der Waals surface area contributed by atoms with Gasteiger partial charge in [-0.25, -0.2) is 9.37 Å². The van der Waals surface area contributed by atoms with E-state index in [0.29, 0.717) is 41.8 Å². The molecule has 0 bridgehead atoms.